The largest absolute Gasteiger partial charge is 0.489 e. The molecule has 2 aromatic rings. The van der Waals surface area contributed by atoms with Crippen molar-refractivity contribution in [3.8, 4) is 5.75 Å². The van der Waals surface area contributed by atoms with E-state index in [1.165, 1.54) is 6.07 Å². The molecule has 2 aromatic carbocycles. The van der Waals surface area contributed by atoms with Crippen LogP contribution in [0.4, 0.5) is 8.78 Å². The Labute approximate surface area is 151 Å². The zero-order valence-corrected chi connectivity index (χ0v) is 14.6. The molecule has 3 N–H and O–H groups in total. The number of ether oxygens (including phenoxy) is 1. The lowest BCUT2D eigenvalue weighted by Crippen LogP contribution is -2.41. The summed E-state index contributed by atoms with van der Waals surface area (Å²) in [6.07, 6.45) is 0. The van der Waals surface area contributed by atoms with Crippen molar-refractivity contribution in [2.75, 3.05) is 33.4 Å². The molecule has 0 aliphatic rings. The van der Waals surface area contributed by atoms with Crippen LogP contribution in [0.3, 0.4) is 0 Å². The van der Waals surface area contributed by atoms with E-state index >= 15 is 0 Å². The zero-order chi connectivity index (χ0) is 18.8. The maximum absolute atomic E-state index is 13.5. The van der Waals surface area contributed by atoms with Crippen LogP contribution in [-0.4, -0.2) is 44.4 Å². The minimum Gasteiger partial charge on any atom is -0.489 e. The molecule has 0 aliphatic carbocycles. The number of hydrogen-bond acceptors (Lipinski definition) is 3. The lowest BCUT2D eigenvalue weighted by atomic mass is 10.0. The predicted octanol–water partition coefficient (Wildman–Crippen LogP) is 2.28. The SMILES string of the molecule is CN=C(NCCOc1ccc(F)cc1F)NCC(CO)c1ccccc1. The number of hydrogen-bond donors (Lipinski definition) is 3. The van der Waals surface area contributed by atoms with Crippen molar-refractivity contribution in [1.82, 2.24) is 10.6 Å². The van der Waals surface area contributed by atoms with Gasteiger partial charge in [0.2, 0.25) is 0 Å². The van der Waals surface area contributed by atoms with E-state index in [4.69, 9.17) is 4.74 Å². The van der Waals surface area contributed by atoms with Crippen LogP contribution in [0.25, 0.3) is 0 Å². The van der Waals surface area contributed by atoms with Gasteiger partial charge in [0.05, 0.1) is 13.2 Å². The fourth-order valence-corrected chi connectivity index (χ4v) is 2.38. The maximum atomic E-state index is 13.5. The van der Waals surface area contributed by atoms with E-state index in [0.29, 0.717) is 19.0 Å². The van der Waals surface area contributed by atoms with Crippen LogP contribution in [0.5, 0.6) is 5.75 Å². The van der Waals surface area contributed by atoms with E-state index < -0.39 is 11.6 Å². The number of aliphatic hydroxyl groups excluding tert-OH is 1. The monoisotopic (exact) mass is 363 g/mol. The molecule has 0 heterocycles. The molecule has 0 saturated heterocycles. The van der Waals surface area contributed by atoms with E-state index in [2.05, 4.69) is 15.6 Å². The van der Waals surface area contributed by atoms with Gasteiger partial charge in [-0.05, 0) is 17.7 Å². The number of aliphatic imine (C=N–C) groups is 1. The van der Waals surface area contributed by atoms with Gasteiger partial charge in [-0.2, -0.15) is 0 Å². The van der Waals surface area contributed by atoms with E-state index in [1.807, 2.05) is 30.3 Å². The zero-order valence-electron chi connectivity index (χ0n) is 14.6. The van der Waals surface area contributed by atoms with Crippen molar-refractivity contribution in [3.63, 3.8) is 0 Å². The lowest BCUT2D eigenvalue weighted by Gasteiger charge is -2.18. The molecular formula is C19H23F2N3O2. The van der Waals surface area contributed by atoms with Crippen LogP contribution >= 0.6 is 0 Å². The molecule has 0 saturated carbocycles. The third kappa shape index (κ3) is 6.00. The fraction of sp³-hybridized carbons (Fsp3) is 0.316. The standard InChI is InChI=1S/C19H23F2N3O2/c1-22-19(24-12-15(13-25)14-5-3-2-4-6-14)23-9-10-26-18-8-7-16(20)11-17(18)21/h2-8,11,15,25H,9-10,12-13H2,1H3,(H2,22,23,24). The quantitative estimate of drug-likeness (QED) is 0.382. The van der Waals surface area contributed by atoms with Crippen molar-refractivity contribution in [2.24, 2.45) is 4.99 Å². The first-order valence-electron chi connectivity index (χ1n) is 8.32. The third-order valence-electron chi connectivity index (χ3n) is 3.78. The Morgan fingerprint density at radius 1 is 1.15 bits per heavy atom. The Bertz CT molecular complexity index is 711. The molecule has 0 radical (unpaired) electrons. The van der Waals surface area contributed by atoms with Gasteiger partial charge in [-0.25, -0.2) is 8.78 Å². The highest BCUT2D eigenvalue weighted by Crippen LogP contribution is 2.17. The molecule has 1 unspecified atom stereocenters. The number of aliphatic hydroxyl groups is 1. The predicted molar refractivity (Wildman–Crippen MR) is 97.5 cm³/mol. The molecule has 140 valence electrons. The van der Waals surface area contributed by atoms with Crippen LogP contribution in [0.15, 0.2) is 53.5 Å². The first-order chi connectivity index (χ1) is 12.6. The van der Waals surface area contributed by atoms with Gasteiger partial charge in [-0.15, -0.1) is 0 Å². The molecule has 2 rings (SSSR count). The summed E-state index contributed by atoms with van der Waals surface area (Å²) in [6.45, 7) is 1.09. The molecule has 0 bridgehead atoms. The van der Waals surface area contributed by atoms with Crippen LogP contribution in [-0.2, 0) is 0 Å². The Balaban J connectivity index is 1.75. The lowest BCUT2D eigenvalue weighted by molar-refractivity contribution is 0.265. The van der Waals surface area contributed by atoms with Crippen molar-refractivity contribution >= 4 is 5.96 Å². The second kappa shape index (κ2) is 10.4. The number of nitrogens with zero attached hydrogens (tertiary/aromatic N) is 1. The summed E-state index contributed by atoms with van der Waals surface area (Å²) < 4.78 is 31.6. The highest BCUT2D eigenvalue weighted by atomic mass is 19.1. The summed E-state index contributed by atoms with van der Waals surface area (Å²) in [6, 6.07) is 12.9. The van der Waals surface area contributed by atoms with Crippen molar-refractivity contribution in [1.29, 1.82) is 0 Å². The maximum Gasteiger partial charge on any atom is 0.191 e. The topological polar surface area (TPSA) is 65.9 Å². The molecule has 0 fully saturated rings. The van der Waals surface area contributed by atoms with Gasteiger partial charge < -0.3 is 20.5 Å². The molecule has 5 nitrogen and oxygen atoms in total. The highest BCUT2D eigenvalue weighted by Gasteiger charge is 2.11. The summed E-state index contributed by atoms with van der Waals surface area (Å²) in [5.41, 5.74) is 1.04. The minimum absolute atomic E-state index is 0.000526. The summed E-state index contributed by atoms with van der Waals surface area (Å²) in [5.74, 6) is -0.891. The first-order valence-corrected chi connectivity index (χ1v) is 8.32. The number of halogens is 2. The number of nitrogens with one attached hydrogen (secondary N) is 2. The Hall–Kier alpha value is -2.67. The normalized spacial score (nSPS) is 12.5. The van der Waals surface area contributed by atoms with Gasteiger partial charge in [-0.1, -0.05) is 30.3 Å². The third-order valence-corrected chi connectivity index (χ3v) is 3.78. The van der Waals surface area contributed by atoms with Gasteiger partial charge in [0, 0.05) is 25.6 Å². The molecule has 0 spiro atoms. The summed E-state index contributed by atoms with van der Waals surface area (Å²) in [7, 11) is 1.63. The van der Waals surface area contributed by atoms with Gasteiger partial charge in [-0.3, -0.25) is 4.99 Å². The fourth-order valence-electron chi connectivity index (χ4n) is 2.38. The van der Waals surface area contributed by atoms with Crippen LogP contribution in [0.1, 0.15) is 11.5 Å². The molecule has 0 aromatic heterocycles. The van der Waals surface area contributed by atoms with Crippen LogP contribution in [0, 0.1) is 11.6 Å². The van der Waals surface area contributed by atoms with Crippen LogP contribution in [0.2, 0.25) is 0 Å². The van der Waals surface area contributed by atoms with Gasteiger partial charge >= 0.3 is 0 Å². The second-order valence-electron chi connectivity index (χ2n) is 5.59. The summed E-state index contributed by atoms with van der Waals surface area (Å²) >= 11 is 0. The first kappa shape index (κ1) is 19.7. The van der Waals surface area contributed by atoms with Crippen molar-refractivity contribution in [2.45, 2.75) is 5.92 Å². The average molecular weight is 363 g/mol. The van der Waals surface area contributed by atoms with Crippen molar-refractivity contribution < 1.29 is 18.6 Å². The van der Waals surface area contributed by atoms with Crippen LogP contribution < -0.4 is 15.4 Å². The van der Waals surface area contributed by atoms with E-state index in [9.17, 15) is 13.9 Å². The minimum atomic E-state index is -0.735. The Kier molecular flexibility index (Phi) is 7.82. The molecule has 0 amide bonds. The van der Waals surface area contributed by atoms with E-state index in [1.54, 1.807) is 7.05 Å². The smallest absolute Gasteiger partial charge is 0.191 e. The molecule has 1 atom stereocenters. The van der Waals surface area contributed by atoms with Gasteiger partial charge in [0.25, 0.3) is 0 Å². The van der Waals surface area contributed by atoms with Gasteiger partial charge in [0.1, 0.15) is 12.4 Å². The molecular weight excluding hydrogens is 340 g/mol. The number of rotatable bonds is 8. The van der Waals surface area contributed by atoms with Gasteiger partial charge in [0.15, 0.2) is 17.5 Å². The number of benzene rings is 2. The highest BCUT2D eigenvalue weighted by molar-refractivity contribution is 5.79. The second-order valence-corrected chi connectivity index (χ2v) is 5.59. The summed E-state index contributed by atoms with van der Waals surface area (Å²) in [5, 5.41) is 15.7. The molecule has 26 heavy (non-hydrogen) atoms. The summed E-state index contributed by atoms with van der Waals surface area (Å²) in [4.78, 5) is 4.10. The number of guanidine groups is 1. The van der Waals surface area contributed by atoms with E-state index in [-0.39, 0.29) is 24.9 Å². The van der Waals surface area contributed by atoms with Crippen molar-refractivity contribution in [3.05, 3.63) is 65.7 Å². The molecule has 7 heteroatoms. The molecule has 0 aliphatic heterocycles. The van der Waals surface area contributed by atoms with E-state index in [0.717, 1.165) is 17.7 Å². The Morgan fingerprint density at radius 3 is 2.58 bits per heavy atom. The Morgan fingerprint density at radius 2 is 1.92 bits per heavy atom. The average Bonchev–Trinajstić information content (AvgIpc) is 2.66.